The van der Waals surface area contributed by atoms with Gasteiger partial charge in [-0.15, -0.1) is 0 Å². The van der Waals surface area contributed by atoms with Crippen molar-refractivity contribution < 1.29 is 40.4 Å². The Morgan fingerprint density at radius 3 is 1.98 bits per heavy atom. The number of benzene rings is 3. The quantitative estimate of drug-likeness (QED) is 0.152. The lowest BCUT2D eigenvalue weighted by molar-refractivity contribution is -0.143. The zero-order chi connectivity index (χ0) is 32.6. The summed E-state index contributed by atoms with van der Waals surface area (Å²) in [6.45, 7) is 4.39. The number of likely N-dealkylation sites (N-methyl/N-ethyl adjacent to an activating group) is 1. The summed E-state index contributed by atoms with van der Waals surface area (Å²) in [4.78, 5) is 19.8. The van der Waals surface area contributed by atoms with E-state index in [-0.39, 0.29) is 16.8 Å². The van der Waals surface area contributed by atoms with Gasteiger partial charge in [-0.25, -0.2) is 4.98 Å². The molecule has 0 aliphatic heterocycles. The molecule has 12 heteroatoms. The van der Waals surface area contributed by atoms with Crippen molar-refractivity contribution in [2.45, 2.75) is 48.5 Å². The number of halogens is 6. The summed E-state index contributed by atoms with van der Waals surface area (Å²) in [5, 5.41) is 0.158. The van der Waals surface area contributed by atoms with Gasteiger partial charge >= 0.3 is 12.4 Å². The van der Waals surface area contributed by atoms with Gasteiger partial charge in [0.25, 0.3) is 5.03 Å². The molecule has 4 rings (SSSR count). The largest absolute Gasteiger partial charge is 0.605 e. The van der Waals surface area contributed by atoms with Crippen LogP contribution in [0.3, 0.4) is 0 Å². The molecule has 0 aliphatic rings. The summed E-state index contributed by atoms with van der Waals surface area (Å²) in [5.41, 5.74) is -3.12. The number of aromatic nitrogens is 1. The van der Waals surface area contributed by atoms with E-state index in [1.807, 2.05) is 19.1 Å². The van der Waals surface area contributed by atoms with Crippen molar-refractivity contribution in [1.82, 2.24) is 4.98 Å². The Morgan fingerprint density at radius 1 is 0.864 bits per heavy atom. The first kappa shape index (κ1) is 32.9. The molecule has 0 spiro atoms. The van der Waals surface area contributed by atoms with Crippen LogP contribution in [0, 0.1) is 6.92 Å². The Hall–Kier alpha value is -4.03. The topological polar surface area (TPSA) is 65.5 Å². The van der Waals surface area contributed by atoms with Crippen molar-refractivity contribution >= 4 is 22.8 Å². The molecule has 0 fully saturated rings. The van der Waals surface area contributed by atoms with Crippen LogP contribution in [-0.4, -0.2) is 29.6 Å². The first-order valence-electron chi connectivity index (χ1n) is 13.1. The molecular formula is C32H28F6N2O3S. The fraction of sp³-hybridized carbons (Fsp3) is 0.250. The first-order chi connectivity index (χ1) is 20.4. The van der Waals surface area contributed by atoms with E-state index in [1.54, 1.807) is 42.5 Å². The minimum atomic E-state index is -5.07. The van der Waals surface area contributed by atoms with E-state index >= 15 is 0 Å². The number of carbonyl (C=O) groups is 1. The maximum absolute atomic E-state index is 13.9. The van der Waals surface area contributed by atoms with E-state index in [4.69, 9.17) is 4.74 Å². The van der Waals surface area contributed by atoms with E-state index < -0.39 is 51.5 Å². The number of hydrogen-bond acceptors (Lipinski definition) is 4. The number of alkyl halides is 6. The smallest absolute Gasteiger partial charge is 0.416 e. The molecule has 0 bridgehead atoms. The van der Waals surface area contributed by atoms with Crippen LogP contribution in [0.1, 0.15) is 36.1 Å². The van der Waals surface area contributed by atoms with Gasteiger partial charge in [0.05, 0.1) is 35.5 Å². The number of pyridine rings is 1. The van der Waals surface area contributed by atoms with Crippen molar-refractivity contribution in [3.63, 3.8) is 0 Å². The van der Waals surface area contributed by atoms with Gasteiger partial charge in [-0.1, -0.05) is 35.9 Å². The molecule has 232 valence electrons. The van der Waals surface area contributed by atoms with Crippen molar-refractivity contribution in [3.05, 3.63) is 101 Å². The molecule has 0 saturated heterocycles. The molecule has 3 aromatic carbocycles. The molecule has 44 heavy (non-hydrogen) atoms. The number of methoxy groups -OCH3 is 1. The number of anilines is 1. The minimum absolute atomic E-state index is 0.0222. The van der Waals surface area contributed by atoms with Crippen LogP contribution in [-0.2, 0) is 33.7 Å². The Morgan fingerprint density at radius 2 is 1.43 bits per heavy atom. The highest BCUT2D eigenvalue weighted by atomic mass is 32.2. The third-order valence-corrected chi connectivity index (χ3v) is 8.46. The Kier molecular flexibility index (Phi) is 9.09. The standard InChI is InChI=1S/C32H28F6N2O3S/c1-19-9-11-20(12-10-19)26-17-28(44(42)25-8-6-7-24(16-25)43-5)39-18-27(26)40(4)29(41)30(2,3)21-13-22(31(33,34)35)15-23(14-21)32(36,37)38/h6-18H,1-5H3. The second-order valence-electron chi connectivity index (χ2n) is 10.6. The third-order valence-electron chi connectivity index (χ3n) is 7.18. The minimum Gasteiger partial charge on any atom is -0.605 e. The molecular weight excluding hydrogens is 606 g/mol. The van der Waals surface area contributed by atoms with Gasteiger partial charge in [0.2, 0.25) is 5.91 Å². The number of hydrogen-bond donors (Lipinski definition) is 0. The number of amides is 1. The van der Waals surface area contributed by atoms with Gasteiger partial charge in [-0.3, -0.25) is 4.79 Å². The lowest BCUT2D eigenvalue weighted by atomic mass is 9.81. The lowest BCUT2D eigenvalue weighted by Gasteiger charge is -2.32. The van der Waals surface area contributed by atoms with Crippen molar-refractivity contribution in [2.75, 3.05) is 19.1 Å². The van der Waals surface area contributed by atoms with Gasteiger partial charge in [0, 0.05) is 35.9 Å². The number of aryl methyl sites for hydroxylation is 1. The molecule has 1 atom stereocenters. The van der Waals surface area contributed by atoms with Gasteiger partial charge in [0.1, 0.15) is 5.75 Å². The Balaban J connectivity index is 1.81. The van der Waals surface area contributed by atoms with Crippen LogP contribution in [0.5, 0.6) is 5.75 Å². The molecule has 1 unspecified atom stereocenters. The van der Waals surface area contributed by atoms with Crippen molar-refractivity contribution in [2.24, 2.45) is 0 Å². The summed E-state index contributed by atoms with van der Waals surface area (Å²) >= 11 is -1.76. The van der Waals surface area contributed by atoms with Gasteiger partial charge < -0.3 is 14.2 Å². The Bertz CT molecular complexity index is 1640. The van der Waals surface area contributed by atoms with Crippen molar-refractivity contribution in [1.29, 1.82) is 0 Å². The maximum atomic E-state index is 13.9. The van der Waals surface area contributed by atoms with Crippen LogP contribution in [0.4, 0.5) is 32.0 Å². The Labute approximate surface area is 253 Å². The van der Waals surface area contributed by atoms with Crippen LogP contribution >= 0.6 is 0 Å². The molecule has 1 aromatic heterocycles. The first-order valence-corrected chi connectivity index (χ1v) is 14.3. The summed E-state index contributed by atoms with van der Waals surface area (Å²) in [6.07, 6.45) is -8.83. The predicted octanol–water partition coefficient (Wildman–Crippen LogP) is 8.21. The second kappa shape index (κ2) is 12.2. The molecule has 0 radical (unpaired) electrons. The van der Waals surface area contributed by atoms with E-state index in [1.165, 1.54) is 34.2 Å². The highest BCUT2D eigenvalue weighted by Crippen LogP contribution is 2.41. The average Bonchev–Trinajstić information content (AvgIpc) is 2.99. The summed E-state index contributed by atoms with van der Waals surface area (Å²) in [7, 11) is 2.83. The van der Waals surface area contributed by atoms with Crippen LogP contribution < -0.4 is 9.64 Å². The van der Waals surface area contributed by atoms with E-state index in [0.29, 0.717) is 33.9 Å². The highest BCUT2D eigenvalue weighted by Gasteiger charge is 2.41. The van der Waals surface area contributed by atoms with E-state index in [0.717, 1.165) is 10.5 Å². The number of nitrogens with zero attached hydrogens (tertiary/aromatic N) is 2. The molecule has 0 aliphatic carbocycles. The van der Waals surface area contributed by atoms with Gasteiger partial charge in [-0.2, -0.15) is 26.3 Å². The molecule has 1 amide bonds. The SMILES string of the molecule is COc1cccc([S+]([O-])c2cc(-c3ccc(C)cc3)c(N(C)C(=O)C(C)(C)c3cc(C(F)(F)F)cc(C(F)(F)F)c3)cn2)c1. The van der Waals surface area contributed by atoms with Crippen LogP contribution in [0.25, 0.3) is 11.1 Å². The molecule has 1 heterocycles. The number of rotatable bonds is 7. The van der Waals surface area contributed by atoms with Crippen molar-refractivity contribution in [3.8, 4) is 16.9 Å². The fourth-order valence-corrected chi connectivity index (χ4v) is 5.61. The highest BCUT2D eigenvalue weighted by molar-refractivity contribution is 7.91. The summed E-state index contributed by atoms with van der Waals surface area (Å²) < 4.78 is 100. The zero-order valence-electron chi connectivity index (χ0n) is 24.3. The van der Waals surface area contributed by atoms with E-state index in [9.17, 15) is 35.7 Å². The normalized spacial score (nSPS) is 13.0. The van der Waals surface area contributed by atoms with Gasteiger partial charge in [0.15, 0.2) is 4.90 Å². The maximum Gasteiger partial charge on any atom is 0.416 e. The zero-order valence-corrected chi connectivity index (χ0v) is 25.1. The van der Waals surface area contributed by atoms with E-state index in [2.05, 4.69) is 4.98 Å². The molecule has 0 N–H and O–H groups in total. The molecule has 0 saturated carbocycles. The number of carbonyl (C=O) groups excluding carboxylic acids is 1. The average molecular weight is 635 g/mol. The summed E-state index contributed by atoms with van der Waals surface area (Å²) in [6, 6.07) is 16.5. The van der Waals surface area contributed by atoms with Crippen LogP contribution in [0.2, 0.25) is 0 Å². The monoisotopic (exact) mass is 634 g/mol. The fourth-order valence-electron chi connectivity index (χ4n) is 4.57. The molecule has 5 nitrogen and oxygen atoms in total. The second-order valence-corrected chi connectivity index (χ2v) is 12.1. The predicted molar refractivity (Wildman–Crippen MR) is 155 cm³/mol. The van der Waals surface area contributed by atoms with Gasteiger partial charge in [-0.05, 0) is 62.2 Å². The lowest BCUT2D eigenvalue weighted by Crippen LogP contribution is -2.42. The number of ether oxygens (including phenoxy) is 1. The molecule has 4 aromatic rings. The van der Waals surface area contributed by atoms with Crippen LogP contribution in [0.15, 0.2) is 88.9 Å². The third kappa shape index (κ3) is 6.86. The summed E-state index contributed by atoms with van der Waals surface area (Å²) in [5.74, 6) is -0.302.